The minimum atomic E-state index is -0.0952. The highest BCUT2D eigenvalue weighted by Crippen LogP contribution is 2.16. The monoisotopic (exact) mass is 276 g/mol. The third kappa shape index (κ3) is 2.50. The predicted octanol–water partition coefficient (Wildman–Crippen LogP) is -1.000. The van der Waals surface area contributed by atoms with Gasteiger partial charge in [-0.05, 0) is 7.05 Å². The number of amides is 1. The average Bonchev–Trinajstić information content (AvgIpc) is 2.24. The normalized spacial score (nSPS) is 35.2. The number of hydrazine groups is 1. The molecule has 2 N–H and O–H groups in total. The zero-order chi connectivity index (χ0) is 10.8. The van der Waals surface area contributed by atoms with Crippen LogP contribution in [-0.2, 0) is 4.79 Å². The number of piperazine rings is 1. The fourth-order valence-corrected chi connectivity index (χ4v) is 2.69. The fraction of sp³-hybridized carbons (Fsp3) is 0.889. The first kappa shape index (κ1) is 11.3. The first-order chi connectivity index (χ1) is 7.18. The lowest BCUT2D eigenvalue weighted by molar-refractivity contribution is -0.124. The number of rotatable bonds is 1. The number of halogens is 1. The molecule has 2 heterocycles. The molecule has 15 heavy (non-hydrogen) atoms. The summed E-state index contributed by atoms with van der Waals surface area (Å²) in [5.74, 6) is 0.0326. The van der Waals surface area contributed by atoms with E-state index in [9.17, 15) is 4.79 Å². The fourth-order valence-electron chi connectivity index (χ4n) is 2.06. The molecule has 2 atom stereocenters. The molecule has 0 radical (unpaired) electrons. The van der Waals surface area contributed by atoms with Crippen LogP contribution in [-0.4, -0.2) is 66.3 Å². The van der Waals surface area contributed by atoms with Gasteiger partial charge in [-0.1, -0.05) is 15.9 Å². The van der Waals surface area contributed by atoms with Crippen LogP contribution in [0.3, 0.4) is 0 Å². The number of alkyl halides is 1. The van der Waals surface area contributed by atoms with Gasteiger partial charge in [0, 0.05) is 38.8 Å². The molecule has 2 fully saturated rings. The summed E-state index contributed by atoms with van der Waals surface area (Å²) in [6.07, 6.45) is 0. The van der Waals surface area contributed by atoms with Crippen LogP contribution in [0, 0.1) is 0 Å². The van der Waals surface area contributed by atoms with Crippen molar-refractivity contribution in [2.75, 3.05) is 39.8 Å². The van der Waals surface area contributed by atoms with E-state index in [0.29, 0.717) is 0 Å². The lowest BCUT2D eigenvalue weighted by atomic mass is 10.1. The van der Waals surface area contributed by atoms with E-state index in [1.807, 2.05) is 0 Å². The topological polar surface area (TPSA) is 47.6 Å². The van der Waals surface area contributed by atoms with Gasteiger partial charge in [-0.15, -0.1) is 0 Å². The Labute approximate surface area is 98.3 Å². The molecule has 0 aromatic carbocycles. The van der Waals surface area contributed by atoms with Crippen molar-refractivity contribution in [1.82, 2.24) is 20.7 Å². The number of carbonyl (C=O) groups excluding carboxylic acids is 1. The standard InChI is InChI=1S/C9H17BrN4O/c1-13-2-4-14(5-3-13)7-6-11-12-9(15)8(7)10/h7-8,11H,2-6H2,1H3,(H,12,15). The van der Waals surface area contributed by atoms with E-state index in [1.54, 1.807) is 0 Å². The second kappa shape index (κ2) is 4.78. The van der Waals surface area contributed by atoms with Crippen LogP contribution in [0.25, 0.3) is 0 Å². The van der Waals surface area contributed by atoms with E-state index in [-0.39, 0.29) is 16.8 Å². The third-order valence-corrected chi connectivity index (χ3v) is 4.14. The number of likely N-dealkylation sites (N-methyl/N-ethyl adjacent to an activating group) is 1. The molecule has 0 aromatic heterocycles. The first-order valence-electron chi connectivity index (χ1n) is 5.28. The van der Waals surface area contributed by atoms with Crippen molar-refractivity contribution in [3.05, 3.63) is 0 Å². The van der Waals surface area contributed by atoms with Gasteiger partial charge >= 0.3 is 0 Å². The summed E-state index contributed by atoms with van der Waals surface area (Å²) in [6.45, 7) is 5.05. The molecule has 2 aliphatic rings. The summed E-state index contributed by atoms with van der Waals surface area (Å²) < 4.78 is 0. The first-order valence-corrected chi connectivity index (χ1v) is 6.19. The van der Waals surface area contributed by atoms with Crippen LogP contribution in [0.5, 0.6) is 0 Å². The van der Waals surface area contributed by atoms with Gasteiger partial charge in [-0.2, -0.15) is 0 Å². The van der Waals surface area contributed by atoms with Gasteiger partial charge in [0.25, 0.3) is 0 Å². The van der Waals surface area contributed by atoms with Gasteiger partial charge in [-0.3, -0.25) is 15.1 Å². The number of hydrogen-bond acceptors (Lipinski definition) is 4. The Kier molecular flexibility index (Phi) is 3.60. The summed E-state index contributed by atoms with van der Waals surface area (Å²) >= 11 is 3.46. The van der Waals surface area contributed by atoms with Gasteiger partial charge in [0.05, 0.1) is 0 Å². The molecule has 86 valence electrons. The minimum absolute atomic E-state index is 0.0326. The highest BCUT2D eigenvalue weighted by molar-refractivity contribution is 9.10. The molecule has 6 heteroatoms. The Morgan fingerprint density at radius 2 is 2.00 bits per heavy atom. The van der Waals surface area contributed by atoms with E-state index < -0.39 is 0 Å². The quantitative estimate of drug-likeness (QED) is 0.604. The zero-order valence-corrected chi connectivity index (χ0v) is 10.5. The van der Waals surface area contributed by atoms with Crippen molar-refractivity contribution in [1.29, 1.82) is 0 Å². The summed E-state index contributed by atoms with van der Waals surface area (Å²) in [7, 11) is 2.13. The van der Waals surface area contributed by atoms with Gasteiger partial charge in [0.2, 0.25) is 5.91 Å². The van der Waals surface area contributed by atoms with Crippen molar-refractivity contribution >= 4 is 21.8 Å². The van der Waals surface area contributed by atoms with E-state index >= 15 is 0 Å². The number of nitrogens with one attached hydrogen (secondary N) is 2. The molecule has 0 aromatic rings. The van der Waals surface area contributed by atoms with Crippen LogP contribution in [0.1, 0.15) is 0 Å². The van der Waals surface area contributed by atoms with E-state index in [0.717, 1.165) is 32.7 Å². The Morgan fingerprint density at radius 1 is 1.33 bits per heavy atom. The second-order valence-corrected chi connectivity index (χ2v) is 5.17. The predicted molar refractivity (Wildman–Crippen MR) is 61.7 cm³/mol. The Bertz CT molecular complexity index is 242. The molecule has 2 aliphatic heterocycles. The summed E-state index contributed by atoms with van der Waals surface area (Å²) in [5.41, 5.74) is 5.58. The van der Waals surface area contributed by atoms with Crippen molar-refractivity contribution < 1.29 is 4.79 Å². The van der Waals surface area contributed by atoms with Crippen LogP contribution in [0.15, 0.2) is 0 Å². The molecule has 0 bridgehead atoms. The molecular formula is C9H17BrN4O. The van der Waals surface area contributed by atoms with Gasteiger partial charge in [0.15, 0.2) is 0 Å². The number of hydrogen-bond donors (Lipinski definition) is 2. The van der Waals surface area contributed by atoms with Crippen molar-refractivity contribution in [3.63, 3.8) is 0 Å². The van der Waals surface area contributed by atoms with Crippen LogP contribution in [0.2, 0.25) is 0 Å². The maximum absolute atomic E-state index is 11.5. The largest absolute Gasteiger partial charge is 0.304 e. The molecule has 5 nitrogen and oxygen atoms in total. The Morgan fingerprint density at radius 3 is 2.67 bits per heavy atom. The molecule has 0 spiro atoms. The highest BCUT2D eigenvalue weighted by atomic mass is 79.9. The summed E-state index contributed by atoms with van der Waals surface area (Å²) in [6, 6.07) is 0.271. The van der Waals surface area contributed by atoms with Crippen molar-refractivity contribution in [3.8, 4) is 0 Å². The molecular weight excluding hydrogens is 260 g/mol. The van der Waals surface area contributed by atoms with E-state index in [4.69, 9.17) is 0 Å². The maximum atomic E-state index is 11.5. The Hall–Kier alpha value is -0.170. The minimum Gasteiger partial charge on any atom is -0.304 e. The molecule has 2 rings (SSSR count). The Balaban J connectivity index is 1.94. The van der Waals surface area contributed by atoms with Gasteiger partial charge in [-0.25, -0.2) is 5.43 Å². The van der Waals surface area contributed by atoms with Crippen molar-refractivity contribution in [2.45, 2.75) is 10.9 Å². The van der Waals surface area contributed by atoms with Crippen molar-refractivity contribution in [2.24, 2.45) is 0 Å². The molecule has 0 aliphatic carbocycles. The number of nitrogens with zero attached hydrogens (tertiary/aromatic N) is 2. The van der Waals surface area contributed by atoms with E-state index in [2.05, 4.69) is 43.6 Å². The summed E-state index contributed by atoms with van der Waals surface area (Å²) in [5, 5.41) is 0. The third-order valence-electron chi connectivity index (χ3n) is 3.12. The van der Waals surface area contributed by atoms with E-state index in [1.165, 1.54) is 0 Å². The SMILES string of the molecule is CN1CCN(C2CNNC(=O)C2Br)CC1. The van der Waals surface area contributed by atoms with Crippen LogP contribution in [0.4, 0.5) is 0 Å². The lowest BCUT2D eigenvalue weighted by Gasteiger charge is -2.41. The van der Waals surface area contributed by atoms with Gasteiger partial charge < -0.3 is 4.90 Å². The lowest BCUT2D eigenvalue weighted by Crippen LogP contribution is -2.64. The van der Waals surface area contributed by atoms with Crippen LogP contribution >= 0.6 is 15.9 Å². The molecule has 1 amide bonds. The zero-order valence-electron chi connectivity index (χ0n) is 8.87. The average molecular weight is 277 g/mol. The number of carbonyl (C=O) groups is 1. The molecule has 0 saturated carbocycles. The summed E-state index contributed by atoms with van der Waals surface area (Å²) in [4.78, 5) is 16.1. The van der Waals surface area contributed by atoms with Gasteiger partial charge in [0.1, 0.15) is 4.83 Å². The molecule has 2 saturated heterocycles. The second-order valence-electron chi connectivity index (χ2n) is 4.18. The smallest absolute Gasteiger partial charge is 0.249 e. The molecule has 2 unspecified atom stereocenters. The van der Waals surface area contributed by atoms with Crippen LogP contribution < -0.4 is 10.9 Å². The maximum Gasteiger partial charge on any atom is 0.249 e. The highest BCUT2D eigenvalue weighted by Gasteiger charge is 2.34.